The van der Waals surface area contributed by atoms with Gasteiger partial charge in [-0.3, -0.25) is 4.79 Å². The van der Waals surface area contributed by atoms with Crippen LogP contribution in [0.3, 0.4) is 0 Å². The summed E-state index contributed by atoms with van der Waals surface area (Å²) in [6, 6.07) is 3.31. The van der Waals surface area contributed by atoms with Crippen molar-refractivity contribution in [3.05, 3.63) is 23.7 Å². The Morgan fingerprint density at radius 3 is 2.64 bits per heavy atom. The molecule has 22 heavy (non-hydrogen) atoms. The van der Waals surface area contributed by atoms with Crippen LogP contribution in [-0.4, -0.2) is 32.2 Å². The Kier molecular flexibility index (Phi) is 3.92. The summed E-state index contributed by atoms with van der Waals surface area (Å²) < 4.78 is 15.2. The van der Waals surface area contributed by atoms with Gasteiger partial charge >= 0.3 is 0 Å². The minimum Gasteiger partial charge on any atom is -0.409 e. The van der Waals surface area contributed by atoms with Crippen molar-refractivity contribution in [2.24, 2.45) is 0 Å². The van der Waals surface area contributed by atoms with Crippen LogP contribution in [0.1, 0.15) is 11.5 Å². The van der Waals surface area contributed by atoms with E-state index in [1.807, 2.05) is 0 Å². The first-order valence-corrected chi connectivity index (χ1v) is 7.22. The molecule has 3 aromatic rings. The zero-order valence-electron chi connectivity index (χ0n) is 11.7. The zero-order valence-corrected chi connectivity index (χ0v) is 12.5. The first-order chi connectivity index (χ1) is 10.6. The Bertz CT molecular complexity index is 793. The summed E-state index contributed by atoms with van der Waals surface area (Å²) >= 11 is 1.11. The monoisotopic (exact) mass is 321 g/mol. The number of carbonyl (C=O) groups is 1. The van der Waals surface area contributed by atoms with Gasteiger partial charge in [0.2, 0.25) is 5.91 Å². The number of aromatic nitrogens is 4. The number of carbonyl (C=O) groups excluding carboxylic acids is 1. The molecule has 0 aliphatic rings. The van der Waals surface area contributed by atoms with Gasteiger partial charge in [-0.05, 0) is 13.8 Å². The molecule has 114 valence electrons. The van der Waals surface area contributed by atoms with Gasteiger partial charge in [-0.25, -0.2) is 0 Å². The zero-order chi connectivity index (χ0) is 15.5. The highest BCUT2D eigenvalue weighted by Gasteiger charge is 2.14. The van der Waals surface area contributed by atoms with E-state index >= 15 is 0 Å². The molecule has 0 unspecified atom stereocenters. The molecule has 0 aromatic carbocycles. The summed E-state index contributed by atoms with van der Waals surface area (Å²) in [7, 11) is 0. The summed E-state index contributed by atoms with van der Waals surface area (Å²) in [6.45, 7) is 3.50. The van der Waals surface area contributed by atoms with Crippen LogP contribution >= 0.6 is 11.8 Å². The van der Waals surface area contributed by atoms with Gasteiger partial charge in [-0.15, -0.1) is 10.2 Å². The second kappa shape index (κ2) is 6.02. The number of aryl methyl sites for hydroxylation is 2. The molecule has 9 nitrogen and oxygen atoms in total. The molecule has 0 spiro atoms. The second-order valence-electron chi connectivity index (χ2n) is 4.36. The highest BCUT2D eigenvalue weighted by atomic mass is 32.2. The number of nitrogens with zero attached hydrogens (tertiary/aromatic N) is 4. The van der Waals surface area contributed by atoms with Gasteiger partial charge in [-0.2, -0.15) is 0 Å². The maximum Gasteiger partial charge on any atom is 0.277 e. The van der Waals surface area contributed by atoms with E-state index in [9.17, 15) is 4.79 Å². The molecule has 0 radical (unpaired) electrons. The molecule has 0 saturated heterocycles. The van der Waals surface area contributed by atoms with Gasteiger partial charge in [-0.1, -0.05) is 22.1 Å². The van der Waals surface area contributed by atoms with Crippen LogP contribution in [0.2, 0.25) is 0 Å². The number of thioether (sulfide) groups is 1. The summed E-state index contributed by atoms with van der Waals surface area (Å²) in [4.78, 5) is 11.7. The Hall–Kier alpha value is -2.62. The van der Waals surface area contributed by atoms with Gasteiger partial charge in [0.15, 0.2) is 11.5 Å². The molecule has 0 saturated carbocycles. The molecule has 0 aliphatic heterocycles. The lowest BCUT2D eigenvalue weighted by Crippen LogP contribution is -2.14. The summed E-state index contributed by atoms with van der Waals surface area (Å²) in [5.41, 5.74) is 0.458. The normalized spacial score (nSPS) is 10.8. The standard InChI is InChI=1S/C12H11N5O4S/c1-6-3-8(16-20-6)11-14-15-12(19-11)22-5-10(18)13-9-4-7(2)21-17-9/h3-4H,5H2,1-2H3,(H,13,17,18). The number of anilines is 1. The van der Waals surface area contributed by atoms with Crippen LogP contribution in [-0.2, 0) is 4.79 Å². The minimum absolute atomic E-state index is 0.103. The Balaban J connectivity index is 1.55. The average Bonchev–Trinajstić information content (AvgIpc) is 3.18. The third kappa shape index (κ3) is 3.34. The Morgan fingerprint density at radius 2 is 1.95 bits per heavy atom. The van der Waals surface area contributed by atoms with Gasteiger partial charge in [0.05, 0.1) is 5.75 Å². The third-order valence-electron chi connectivity index (χ3n) is 2.48. The summed E-state index contributed by atoms with van der Waals surface area (Å²) in [5, 5.41) is 18.0. The molecule has 0 atom stereocenters. The van der Waals surface area contributed by atoms with E-state index in [1.165, 1.54) is 0 Å². The van der Waals surface area contributed by atoms with E-state index in [2.05, 4.69) is 25.8 Å². The van der Waals surface area contributed by atoms with Crippen LogP contribution in [0.4, 0.5) is 5.82 Å². The molecule has 1 N–H and O–H groups in total. The maximum atomic E-state index is 11.7. The van der Waals surface area contributed by atoms with Crippen molar-refractivity contribution in [2.45, 2.75) is 19.1 Å². The van der Waals surface area contributed by atoms with Crippen LogP contribution in [0.15, 0.2) is 30.8 Å². The maximum absolute atomic E-state index is 11.7. The van der Waals surface area contributed by atoms with E-state index in [1.54, 1.807) is 26.0 Å². The van der Waals surface area contributed by atoms with Crippen LogP contribution in [0, 0.1) is 13.8 Å². The van der Waals surface area contributed by atoms with Crippen LogP contribution < -0.4 is 5.32 Å². The summed E-state index contributed by atoms with van der Waals surface area (Å²) in [6.07, 6.45) is 0. The molecule has 3 aromatic heterocycles. The first kappa shape index (κ1) is 14.3. The molecule has 0 fully saturated rings. The van der Waals surface area contributed by atoms with Crippen molar-refractivity contribution in [1.29, 1.82) is 0 Å². The molecular formula is C12H11N5O4S. The predicted molar refractivity (Wildman–Crippen MR) is 75.1 cm³/mol. The summed E-state index contributed by atoms with van der Waals surface area (Å²) in [5.74, 6) is 1.72. The highest BCUT2D eigenvalue weighted by Crippen LogP contribution is 2.22. The van der Waals surface area contributed by atoms with Crippen molar-refractivity contribution < 1.29 is 18.3 Å². The number of hydrogen-bond acceptors (Lipinski definition) is 9. The van der Waals surface area contributed by atoms with Gasteiger partial charge in [0.1, 0.15) is 11.5 Å². The largest absolute Gasteiger partial charge is 0.409 e. The molecule has 0 aliphatic carbocycles. The highest BCUT2D eigenvalue weighted by molar-refractivity contribution is 7.99. The van der Waals surface area contributed by atoms with Gasteiger partial charge in [0, 0.05) is 12.1 Å². The lowest BCUT2D eigenvalue weighted by Gasteiger charge is -1.97. The third-order valence-corrected chi connectivity index (χ3v) is 3.29. The van der Waals surface area contributed by atoms with Crippen molar-refractivity contribution in [3.63, 3.8) is 0 Å². The van der Waals surface area contributed by atoms with Crippen molar-refractivity contribution in [1.82, 2.24) is 20.5 Å². The van der Waals surface area contributed by atoms with Crippen LogP contribution in [0.5, 0.6) is 0 Å². The quantitative estimate of drug-likeness (QED) is 0.704. The first-order valence-electron chi connectivity index (χ1n) is 6.23. The van der Waals surface area contributed by atoms with E-state index in [0.717, 1.165) is 11.8 Å². The molecule has 10 heteroatoms. The van der Waals surface area contributed by atoms with Crippen molar-refractivity contribution in [3.8, 4) is 11.6 Å². The number of hydrogen-bond donors (Lipinski definition) is 1. The number of rotatable bonds is 5. The predicted octanol–water partition coefficient (Wildman–Crippen LogP) is 2.06. The average molecular weight is 321 g/mol. The molecule has 0 bridgehead atoms. The van der Waals surface area contributed by atoms with Crippen molar-refractivity contribution >= 4 is 23.5 Å². The molecular weight excluding hydrogens is 310 g/mol. The smallest absolute Gasteiger partial charge is 0.277 e. The fraction of sp³-hybridized carbons (Fsp3) is 0.250. The van der Waals surface area contributed by atoms with Crippen LogP contribution in [0.25, 0.3) is 11.6 Å². The fourth-order valence-electron chi connectivity index (χ4n) is 1.57. The lowest BCUT2D eigenvalue weighted by atomic mass is 10.4. The SMILES string of the molecule is Cc1cc(NC(=O)CSc2nnc(-c3cc(C)on3)o2)no1. The number of nitrogens with one attached hydrogen (secondary N) is 1. The van der Waals surface area contributed by atoms with Gasteiger partial charge < -0.3 is 18.8 Å². The molecule has 3 rings (SSSR count). The van der Waals surface area contributed by atoms with Crippen molar-refractivity contribution in [2.75, 3.05) is 11.1 Å². The van der Waals surface area contributed by atoms with E-state index in [0.29, 0.717) is 23.0 Å². The van der Waals surface area contributed by atoms with Gasteiger partial charge in [0.25, 0.3) is 11.1 Å². The Labute approximate surface area is 128 Å². The van der Waals surface area contributed by atoms with E-state index in [4.69, 9.17) is 13.5 Å². The molecule has 1 amide bonds. The second-order valence-corrected chi connectivity index (χ2v) is 5.28. The Morgan fingerprint density at radius 1 is 1.18 bits per heavy atom. The number of amides is 1. The fourth-order valence-corrected chi connectivity index (χ4v) is 2.13. The topological polar surface area (TPSA) is 120 Å². The minimum atomic E-state index is -0.254. The lowest BCUT2D eigenvalue weighted by molar-refractivity contribution is -0.113. The van der Waals surface area contributed by atoms with E-state index < -0.39 is 0 Å². The van der Waals surface area contributed by atoms with E-state index in [-0.39, 0.29) is 22.8 Å². The molecule has 3 heterocycles.